The molecule has 0 aliphatic rings. The standard InChI is InChI=1S/C36H67N2O6P/c1-3-5-7-9-11-13-14-15-16-17-18-19-20-22-24-26-28-30-36(40)38-34(33-44-45(41,42)43-32-31-37)35(39)29-27-25-23-21-12-10-8-6-4-2/h5,7,11,13,15-16,18-19,34-35,39H,3-4,6,8-10,12,14,17,20-33,37H2,1-2H3,(H,38,40)(H,41,42)/b7-5-,13-11-,16-15-,19-18-. The Morgan fingerprint density at radius 3 is 1.89 bits per heavy atom. The first-order chi connectivity index (χ1) is 21.9. The molecule has 1 amide bonds. The number of carbonyl (C=O) groups excluding carboxylic acids is 1. The zero-order valence-corrected chi connectivity index (χ0v) is 29.5. The second-order valence-corrected chi connectivity index (χ2v) is 13.2. The zero-order valence-electron chi connectivity index (χ0n) is 28.6. The average molecular weight is 655 g/mol. The zero-order chi connectivity index (χ0) is 33.3. The van der Waals surface area contributed by atoms with E-state index in [1.54, 1.807) is 0 Å². The van der Waals surface area contributed by atoms with Crippen molar-refractivity contribution in [2.24, 2.45) is 5.73 Å². The Kier molecular flexibility index (Phi) is 31.3. The number of aliphatic hydroxyl groups is 1. The van der Waals surface area contributed by atoms with Crippen LogP contribution in [0.3, 0.4) is 0 Å². The second-order valence-electron chi connectivity index (χ2n) is 11.7. The molecule has 0 radical (unpaired) electrons. The summed E-state index contributed by atoms with van der Waals surface area (Å²) in [4.78, 5) is 22.5. The molecule has 0 aromatic heterocycles. The lowest BCUT2D eigenvalue weighted by Gasteiger charge is -2.25. The van der Waals surface area contributed by atoms with E-state index in [9.17, 15) is 19.4 Å². The van der Waals surface area contributed by atoms with Gasteiger partial charge in [0.2, 0.25) is 5.91 Å². The molecule has 0 aromatic carbocycles. The molecule has 0 bridgehead atoms. The lowest BCUT2D eigenvalue weighted by Crippen LogP contribution is -2.46. The number of nitrogens with two attached hydrogens (primary N) is 1. The minimum Gasteiger partial charge on any atom is -0.391 e. The van der Waals surface area contributed by atoms with Crippen molar-refractivity contribution in [2.45, 2.75) is 154 Å². The van der Waals surface area contributed by atoms with Gasteiger partial charge in [-0.15, -0.1) is 0 Å². The van der Waals surface area contributed by atoms with E-state index < -0.39 is 20.0 Å². The number of aliphatic hydroxyl groups excluding tert-OH is 1. The molecule has 0 spiro atoms. The molecular formula is C36H67N2O6P. The van der Waals surface area contributed by atoms with Gasteiger partial charge in [0.1, 0.15) is 0 Å². The van der Waals surface area contributed by atoms with Crippen LogP contribution in [0.1, 0.15) is 142 Å². The van der Waals surface area contributed by atoms with Gasteiger partial charge in [-0.3, -0.25) is 13.8 Å². The number of carbonyl (C=O) groups is 1. The Hall–Kier alpha value is -1.54. The number of allylic oxidation sites excluding steroid dienone is 8. The predicted octanol–water partition coefficient (Wildman–Crippen LogP) is 8.99. The molecule has 0 aliphatic carbocycles. The van der Waals surface area contributed by atoms with Gasteiger partial charge in [0, 0.05) is 13.0 Å². The highest BCUT2D eigenvalue weighted by Crippen LogP contribution is 2.43. The molecule has 8 nitrogen and oxygen atoms in total. The van der Waals surface area contributed by atoms with Crippen LogP contribution in [0.5, 0.6) is 0 Å². The maximum Gasteiger partial charge on any atom is 0.472 e. The fourth-order valence-electron chi connectivity index (χ4n) is 4.77. The first-order valence-electron chi connectivity index (χ1n) is 17.8. The van der Waals surface area contributed by atoms with Crippen LogP contribution in [0.15, 0.2) is 48.6 Å². The molecule has 3 unspecified atom stereocenters. The molecule has 45 heavy (non-hydrogen) atoms. The van der Waals surface area contributed by atoms with E-state index >= 15 is 0 Å². The minimum absolute atomic E-state index is 0.0821. The number of rotatable bonds is 32. The van der Waals surface area contributed by atoms with Gasteiger partial charge in [0.15, 0.2) is 0 Å². The Labute approximate surface area is 275 Å². The topological polar surface area (TPSA) is 131 Å². The number of nitrogens with one attached hydrogen (secondary N) is 1. The highest BCUT2D eigenvalue weighted by molar-refractivity contribution is 7.47. The van der Waals surface area contributed by atoms with Crippen molar-refractivity contribution < 1.29 is 28.4 Å². The van der Waals surface area contributed by atoms with Gasteiger partial charge in [0.05, 0.1) is 25.4 Å². The molecular weight excluding hydrogens is 587 g/mol. The van der Waals surface area contributed by atoms with Gasteiger partial charge < -0.3 is 21.1 Å². The molecule has 3 atom stereocenters. The lowest BCUT2D eigenvalue weighted by atomic mass is 10.0. The van der Waals surface area contributed by atoms with Gasteiger partial charge in [-0.25, -0.2) is 4.57 Å². The summed E-state index contributed by atoms with van der Waals surface area (Å²) in [6.45, 7) is 4.02. The highest BCUT2D eigenvalue weighted by atomic mass is 31.2. The Balaban J connectivity index is 4.31. The second kappa shape index (κ2) is 32.4. The smallest absolute Gasteiger partial charge is 0.391 e. The van der Waals surface area contributed by atoms with Crippen LogP contribution < -0.4 is 11.1 Å². The fourth-order valence-corrected chi connectivity index (χ4v) is 5.53. The summed E-state index contributed by atoms with van der Waals surface area (Å²) in [5, 5.41) is 13.6. The van der Waals surface area contributed by atoms with Crippen molar-refractivity contribution in [3.63, 3.8) is 0 Å². The van der Waals surface area contributed by atoms with Gasteiger partial charge in [0.25, 0.3) is 0 Å². The normalized spacial score (nSPS) is 15.0. The molecule has 0 saturated carbocycles. The first-order valence-corrected chi connectivity index (χ1v) is 19.2. The maximum absolute atomic E-state index is 12.7. The average Bonchev–Trinajstić information content (AvgIpc) is 3.02. The molecule has 0 aromatic rings. The first kappa shape index (κ1) is 43.5. The van der Waals surface area contributed by atoms with Crippen molar-refractivity contribution in [3.05, 3.63) is 48.6 Å². The monoisotopic (exact) mass is 654 g/mol. The Morgan fingerprint density at radius 2 is 1.29 bits per heavy atom. The SMILES string of the molecule is CC/C=C\C/C=C\C/C=C\C/C=C\CCCCCCC(=O)NC(COP(=O)(O)OCCN)C(O)CCCCCCCCCCC. The minimum atomic E-state index is -4.31. The van der Waals surface area contributed by atoms with Crippen LogP contribution in [-0.2, 0) is 18.4 Å². The van der Waals surface area contributed by atoms with Crippen molar-refractivity contribution >= 4 is 13.7 Å². The van der Waals surface area contributed by atoms with Crippen molar-refractivity contribution in [1.29, 1.82) is 0 Å². The summed E-state index contributed by atoms with van der Waals surface area (Å²) >= 11 is 0. The number of phosphoric ester groups is 1. The Bertz CT molecular complexity index is 845. The summed E-state index contributed by atoms with van der Waals surface area (Å²) in [6.07, 6.45) is 36.9. The highest BCUT2D eigenvalue weighted by Gasteiger charge is 2.27. The quantitative estimate of drug-likeness (QED) is 0.0323. The van der Waals surface area contributed by atoms with Gasteiger partial charge in [-0.05, 0) is 51.4 Å². The predicted molar refractivity (Wildman–Crippen MR) is 189 cm³/mol. The molecule has 0 aliphatic heterocycles. The molecule has 0 saturated heterocycles. The summed E-state index contributed by atoms with van der Waals surface area (Å²) < 4.78 is 22.0. The number of amides is 1. The van der Waals surface area contributed by atoms with E-state index in [1.807, 2.05) is 0 Å². The molecule has 9 heteroatoms. The summed E-state index contributed by atoms with van der Waals surface area (Å²) in [7, 11) is -4.31. The van der Waals surface area contributed by atoms with Crippen molar-refractivity contribution in [1.82, 2.24) is 5.32 Å². The molecule has 0 rings (SSSR count). The van der Waals surface area contributed by atoms with Crippen LogP contribution in [0, 0.1) is 0 Å². The van der Waals surface area contributed by atoms with E-state index in [4.69, 9.17) is 14.8 Å². The third kappa shape index (κ3) is 30.9. The van der Waals surface area contributed by atoms with Crippen LogP contribution in [-0.4, -0.2) is 47.8 Å². The van der Waals surface area contributed by atoms with E-state index in [0.29, 0.717) is 12.8 Å². The summed E-state index contributed by atoms with van der Waals surface area (Å²) in [5.41, 5.74) is 5.34. The van der Waals surface area contributed by atoms with Gasteiger partial charge in [-0.2, -0.15) is 0 Å². The number of hydrogen-bond acceptors (Lipinski definition) is 6. The summed E-state index contributed by atoms with van der Waals surface area (Å²) in [6, 6.07) is -0.786. The Morgan fingerprint density at radius 1 is 0.756 bits per heavy atom. The maximum atomic E-state index is 12.7. The molecule has 0 heterocycles. The number of phosphoric acid groups is 1. The largest absolute Gasteiger partial charge is 0.472 e. The van der Waals surface area contributed by atoms with Crippen molar-refractivity contribution in [2.75, 3.05) is 19.8 Å². The third-order valence-corrected chi connectivity index (χ3v) is 8.43. The van der Waals surface area contributed by atoms with E-state index in [2.05, 4.69) is 67.8 Å². The van der Waals surface area contributed by atoms with Gasteiger partial charge >= 0.3 is 7.82 Å². The van der Waals surface area contributed by atoms with Crippen LogP contribution in [0.2, 0.25) is 0 Å². The molecule has 262 valence electrons. The van der Waals surface area contributed by atoms with Crippen LogP contribution in [0.25, 0.3) is 0 Å². The fraction of sp³-hybridized carbons (Fsp3) is 0.750. The summed E-state index contributed by atoms with van der Waals surface area (Å²) in [5.74, 6) is -0.190. The molecule has 5 N–H and O–H groups in total. The third-order valence-electron chi connectivity index (χ3n) is 7.45. The number of hydrogen-bond donors (Lipinski definition) is 4. The lowest BCUT2D eigenvalue weighted by molar-refractivity contribution is -0.123. The van der Waals surface area contributed by atoms with E-state index in [-0.39, 0.29) is 25.7 Å². The van der Waals surface area contributed by atoms with E-state index in [0.717, 1.165) is 77.0 Å². The van der Waals surface area contributed by atoms with Crippen LogP contribution >= 0.6 is 7.82 Å². The van der Waals surface area contributed by atoms with Crippen molar-refractivity contribution in [3.8, 4) is 0 Å². The molecule has 0 fully saturated rings. The van der Waals surface area contributed by atoms with Gasteiger partial charge in [-0.1, -0.05) is 133 Å². The van der Waals surface area contributed by atoms with E-state index in [1.165, 1.54) is 38.5 Å². The van der Waals surface area contributed by atoms with Crippen LogP contribution in [0.4, 0.5) is 0 Å². The number of unbranched alkanes of at least 4 members (excludes halogenated alkanes) is 12.